The number of halogens is 2. The van der Waals surface area contributed by atoms with E-state index < -0.39 is 12.1 Å². The van der Waals surface area contributed by atoms with Crippen LogP contribution in [0.4, 0.5) is 10.7 Å². The van der Waals surface area contributed by atoms with Crippen LogP contribution in [0.3, 0.4) is 0 Å². The van der Waals surface area contributed by atoms with Crippen LogP contribution >= 0.6 is 23.2 Å². The number of imidazole rings is 1. The number of aromatic nitrogens is 2. The molecule has 2 aliphatic heterocycles. The Hall–Kier alpha value is -2.38. The summed E-state index contributed by atoms with van der Waals surface area (Å²) in [6.45, 7) is 3.92. The maximum Gasteiger partial charge on any atom is 0.401 e. The van der Waals surface area contributed by atoms with Gasteiger partial charge in [-0.3, -0.25) is 14.6 Å². The van der Waals surface area contributed by atoms with Crippen molar-refractivity contribution in [3.63, 3.8) is 0 Å². The fourth-order valence-corrected chi connectivity index (χ4v) is 4.10. The first-order chi connectivity index (χ1) is 12.7. The molecule has 7 nitrogen and oxygen atoms in total. The lowest BCUT2D eigenvalue weighted by Gasteiger charge is -2.33. The molecule has 0 spiro atoms. The zero-order valence-corrected chi connectivity index (χ0v) is 16.8. The molecular weight excluding hydrogens is 389 g/mol. The van der Waals surface area contributed by atoms with Crippen LogP contribution in [-0.2, 0) is 18.4 Å². The van der Waals surface area contributed by atoms with E-state index in [1.165, 1.54) is 9.80 Å². The van der Waals surface area contributed by atoms with E-state index in [0.29, 0.717) is 27.4 Å². The third-order valence-corrected chi connectivity index (χ3v) is 6.07. The first kappa shape index (κ1) is 18.0. The fraction of sp³-hybridized carbons (Fsp3) is 0.333. The average Bonchev–Trinajstić information content (AvgIpc) is 3.12. The Morgan fingerprint density at radius 2 is 1.81 bits per heavy atom. The highest BCUT2D eigenvalue weighted by atomic mass is 35.5. The standard InChI is InChI=1S/C18H18Cl2N5O2/c1-9-10(2)25-14-15(21-17(25)22(9)3)23(4)18(27)24(16(14)26)8-11-12(19)6-5-7-13(11)20/h5-7,14H,8H2,1-4H3/q+1. The van der Waals surface area contributed by atoms with Gasteiger partial charge in [-0.25, -0.2) is 13.9 Å². The summed E-state index contributed by atoms with van der Waals surface area (Å²) in [5.74, 6) is 0.737. The van der Waals surface area contributed by atoms with Crippen LogP contribution in [0.2, 0.25) is 10.0 Å². The molecule has 2 aromatic rings. The van der Waals surface area contributed by atoms with Gasteiger partial charge >= 0.3 is 12.0 Å². The SMILES string of the molecule is Cc1c(C)[n+](C)c2n1C1C(=O)N(Cc3c(Cl)cccc3Cl)C(=O)N(C)C1=N2. The second-order valence-electron chi connectivity index (χ2n) is 6.74. The van der Waals surface area contributed by atoms with E-state index in [2.05, 4.69) is 4.99 Å². The molecule has 9 heteroatoms. The van der Waals surface area contributed by atoms with E-state index in [1.807, 2.05) is 30.0 Å². The monoisotopic (exact) mass is 406 g/mol. The molecule has 27 heavy (non-hydrogen) atoms. The van der Waals surface area contributed by atoms with E-state index >= 15 is 0 Å². The van der Waals surface area contributed by atoms with Crippen LogP contribution in [0.25, 0.3) is 0 Å². The number of urea groups is 1. The summed E-state index contributed by atoms with van der Waals surface area (Å²) in [6.07, 6.45) is 0. The average molecular weight is 407 g/mol. The van der Waals surface area contributed by atoms with Gasteiger partial charge < -0.3 is 0 Å². The number of aliphatic imine (C=N–C) groups is 1. The Morgan fingerprint density at radius 1 is 1.19 bits per heavy atom. The van der Waals surface area contributed by atoms with Gasteiger partial charge in [0, 0.05) is 22.7 Å². The number of fused-ring (bicyclic) bond motifs is 3. The number of carbonyl (C=O) groups excluding carboxylic acids is 2. The zero-order valence-electron chi connectivity index (χ0n) is 15.3. The second-order valence-corrected chi connectivity index (χ2v) is 7.55. The molecule has 3 amide bonds. The van der Waals surface area contributed by atoms with Crippen molar-refractivity contribution in [2.45, 2.75) is 26.4 Å². The van der Waals surface area contributed by atoms with Crippen molar-refractivity contribution in [2.24, 2.45) is 12.0 Å². The molecule has 0 radical (unpaired) electrons. The minimum absolute atomic E-state index is 0.00501. The highest BCUT2D eigenvalue weighted by Crippen LogP contribution is 2.36. The van der Waals surface area contributed by atoms with E-state index in [1.54, 1.807) is 25.2 Å². The van der Waals surface area contributed by atoms with Gasteiger partial charge in [-0.05, 0) is 26.0 Å². The molecule has 140 valence electrons. The van der Waals surface area contributed by atoms with Crippen molar-refractivity contribution in [3.05, 3.63) is 45.2 Å². The first-order valence-electron chi connectivity index (χ1n) is 8.42. The van der Waals surface area contributed by atoms with Gasteiger partial charge in [0.05, 0.1) is 13.6 Å². The number of amides is 3. The molecule has 1 atom stereocenters. The zero-order chi connectivity index (χ0) is 19.6. The van der Waals surface area contributed by atoms with Gasteiger partial charge in [-0.15, -0.1) is 0 Å². The lowest BCUT2D eigenvalue weighted by Crippen LogP contribution is -2.57. The normalized spacial score (nSPS) is 18.7. The van der Waals surface area contributed by atoms with Gasteiger partial charge in [0.25, 0.3) is 5.91 Å². The summed E-state index contributed by atoms with van der Waals surface area (Å²) in [7, 11) is 3.51. The maximum absolute atomic E-state index is 13.3. The third-order valence-electron chi connectivity index (χ3n) is 5.36. The highest BCUT2D eigenvalue weighted by molar-refractivity contribution is 6.36. The van der Waals surface area contributed by atoms with Crippen molar-refractivity contribution in [1.29, 1.82) is 0 Å². The predicted octanol–water partition coefficient (Wildman–Crippen LogP) is 2.92. The molecule has 0 aliphatic carbocycles. The van der Waals surface area contributed by atoms with Gasteiger partial charge in [-0.2, -0.15) is 0 Å². The summed E-state index contributed by atoms with van der Waals surface area (Å²) >= 11 is 12.5. The quantitative estimate of drug-likeness (QED) is 0.719. The van der Waals surface area contributed by atoms with Crippen LogP contribution in [0.15, 0.2) is 23.2 Å². The molecule has 0 saturated carbocycles. The Labute approximate surface area is 166 Å². The Bertz CT molecular complexity index is 1020. The lowest BCUT2D eigenvalue weighted by molar-refractivity contribution is -0.663. The fourth-order valence-electron chi connectivity index (χ4n) is 3.58. The van der Waals surface area contributed by atoms with Crippen LogP contribution in [0.5, 0.6) is 0 Å². The smallest absolute Gasteiger partial charge is 0.270 e. The summed E-state index contributed by atoms with van der Waals surface area (Å²) in [5, 5.41) is 0.827. The largest absolute Gasteiger partial charge is 0.401 e. The van der Waals surface area contributed by atoms with Crippen molar-refractivity contribution >= 4 is 46.9 Å². The van der Waals surface area contributed by atoms with Crippen LogP contribution in [-0.4, -0.2) is 39.2 Å². The van der Waals surface area contributed by atoms with Crippen LogP contribution < -0.4 is 4.57 Å². The minimum atomic E-state index is -0.677. The highest BCUT2D eigenvalue weighted by Gasteiger charge is 2.53. The molecule has 1 fully saturated rings. The molecule has 1 saturated heterocycles. The van der Waals surface area contributed by atoms with E-state index in [0.717, 1.165) is 11.4 Å². The molecule has 3 heterocycles. The topological polar surface area (TPSA) is 61.8 Å². The molecule has 2 aliphatic rings. The summed E-state index contributed by atoms with van der Waals surface area (Å²) in [6, 6.07) is 3.97. The molecular formula is C18H18Cl2N5O2+. The molecule has 4 rings (SSSR count). The number of imide groups is 1. The number of hydrogen-bond donors (Lipinski definition) is 0. The lowest BCUT2D eigenvalue weighted by atomic mass is 10.1. The molecule has 0 bridgehead atoms. The van der Waals surface area contributed by atoms with Crippen LogP contribution in [0.1, 0.15) is 23.0 Å². The Kier molecular flexibility index (Phi) is 4.05. The van der Waals surface area contributed by atoms with Crippen molar-refractivity contribution in [1.82, 2.24) is 14.4 Å². The maximum atomic E-state index is 13.3. The number of rotatable bonds is 2. The minimum Gasteiger partial charge on any atom is -0.270 e. The van der Waals surface area contributed by atoms with Gasteiger partial charge in [0.2, 0.25) is 11.9 Å². The number of hydrogen-bond acceptors (Lipinski definition) is 3. The molecule has 0 N–H and O–H groups in total. The Morgan fingerprint density at radius 3 is 2.44 bits per heavy atom. The van der Waals surface area contributed by atoms with Crippen molar-refractivity contribution < 1.29 is 14.2 Å². The molecule has 1 aromatic heterocycles. The van der Waals surface area contributed by atoms with E-state index in [9.17, 15) is 9.59 Å². The number of amidine groups is 1. The first-order valence-corrected chi connectivity index (χ1v) is 9.17. The van der Waals surface area contributed by atoms with Gasteiger partial charge in [-0.1, -0.05) is 34.3 Å². The summed E-state index contributed by atoms with van der Waals surface area (Å²) in [5.41, 5.74) is 2.49. The number of carbonyl (C=O) groups is 2. The number of likely N-dealkylation sites (N-methyl/N-ethyl adjacent to an activating group) is 1. The van der Waals surface area contributed by atoms with E-state index in [4.69, 9.17) is 23.2 Å². The van der Waals surface area contributed by atoms with Crippen LogP contribution in [0, 0.1) is 13.8 Å². The number of nitrogens with zero attached hydrogens (tertiary/aromatic N) is 5. The van der Waals surface area contributed by atoms with Gasteiger partial charge in [0.15, 0.2) is 0 Å². The summed E-state index contributed by atoms with van der Waals surface area (Å²) < 4.78 is 3.79. The number of benzene rings is 1. The Balaban J connectivity index is 1.79. The van der Waals surface area contributed by atoms with E-state index in [-0.39, 0.29) is 12.5 Å². The predicted molar refractivity (Wildman–Crippen MR) is 101 cm³/mol. The van der Waals surface area contributed by atoms with Crippen molar-refractivity contribution in [3.8, 4) is 0 Å². The molecule has 1 aromatic carbocycles. The third kappa shape index (κ3) is 2.41. The second kappa shape index (κ2) is 6.07. The van der Waals surface area contributed by atoms with Crippen molar-refractivity contribution in [2.75, 3.05) is 7.05 Å². The summed E-state index contributed by atoms with van der Waals surface area (Å²) in [4.78, 5) is 33.3. The van der Waals surface area contributed by atoms with Gasteiger partial charge in [0.1, 0.15) is 11.4 Å². The molecule has 1 unspecified atom stereocenters.